The summed E-state index contributed by atoms with van der Waals surface area (Å²) >= 11 is 6.05. The van der Waals surface area contributed by atoms with Gasteiger partial charge >= 0.3 is 0 Å². The lowest BCUT2D eigenvalue weighted by Crippen LogP contribution is -2.18. The topological polar surface area (TPSA) is 21.6 Å². The fourth-order valence-electron chi connectivity index (χ4n) is 2.31. The van der Waals surface area contributed by atoms with E-state index in [9.17, 15) is 0 Å². The molecule has 1 saturated carbocycles. The molecule has 0 amide bonds. The van der Waals surface area contributed by atoms with Gasteiger partial charge in [-0.25, -0.2) is 0 Å². The molecule has 2 nitrogen and oxygen atoms in total. The first-order valence-electron chi connectivity index (χ1n) is 6.22. The van der Waals surface area contributed by atoms with Crippen LogP contribution in [0.1, 0.15) is 43.2 Å². The Morgan fingerprint density at radius 2 is 2.12 bits per heavy atom. The average molecular weight is 250 g/mol. The summed E-state index contributed by atoms with van der Waals surface area (Å²) in [4.78, 5) is 5.39. The number of hydrogen-bond donors (Lipinski definition) is 0. The smallest absolute Gasteiger partial charge is 0.149 e. The summed E-state index contributed by atoms with van der Waals surface area (Å²) < 4.78 is 0. The van der Waals surface area contributed by atoms with Crippen LogP contribution in [0.5, 0.6) is 0 Å². The zero-order chi connectivity index (χ0) is 11.8. The van der Waals surface area contributed by atoms with Gasteiger partial charge in [-0.2, -0.15) is 0 Å². The molecule has 0 aromatic heterocycles. The largest absolute Gasteiger partial charge is 0.390 e. The van der Waals surface area contributed by atoms with Gasteiger partial charge in [0.1, 0.15) is 6.10 Å². The van der Waals surface area contributed by atoms with E-state index in [1.54, 1.807) is 0 Å². The molecule has 3 heteroatoms. The summed E-state index contributed by atoms with van der Waals surface area (Å²) in [5.74, 6) is 0.737. The minimum atomic E-state index is 0.00402. The molecule has 1 aromatic carbocycles. The zero-order valence-corrected chi connectivity index (χ0v) is 10.7. The lowest BCUT2D eigenvalue weighted by atomic mass is 9.96. The predicted octanol–water partition coefficient (Wildman–Crippen LogP) is 3.68. The Balaban J connectivity index is 1.85. The SMILES string of the molecule is CC(Cl)C1CC(c2ccccc2C2CC2)=NO1. The molecule has 0 saturated heterocycles. The molecule has 0 radical (unpaired) electrons. The van der Waals surface area contributed by atoms with Crippen LogP contribution in [0.3, 0.4) is 0 Å². The second-order valence-electron chi connectivity index (χ2n) is 4.93. The highest BCUT2D eigenvalue weighted by molar-refractivity contribution is 6.21. The fourth-order valence-corrected chi connectivity index (χ4v) is 2.45. The van der Waals surface area contributed by atoms with Gasteiger partial charge < -0.3 is 4.84 Å². The highest BCUT2D eigenvalue weighted by Gasteiger charge is 2.31. The Kier molecular flexibility index (Phi) is 2.83. The molecule has 2 aliphatic rings. The molecule has 1 aliphatic heterocycles. The summed E-state index contributed by atoms with van der Waals surface area (Å²) in [6.07, 6.45) is 3.47. The molecular weight excluding hydrogens is 234 g/mol. The van der Waals surface area contributed by atoms with Crippen LogP contribution < -0.4 is 0 Å². The Hall–Kier alpha value is -1.02. The van der Waals surface area contributed by atoms with Crippen LogP contribution in [-0.4, -0.2) is 17.2 Å². The number of benzene rings is 1. The van der Waals surface area contributed by atoms with Crippen molar-refractivity contribution in [2.45, 2.75) is 43.6 Å². The summed E-state index contributed by atoms with van der Waals surface area (Å²) in [6.45, 7) is 1.96. The summed E-state index contributed by atoms with van der Waals surface area (Å²) in [5, 5.41) is 4.22. The first kappa shape index (κ1) is 11.1. The minimum Gasteiger partial charge on any atom is -0.390 e. The Morgan fingerprint density at radius 3 is 2.76 bits per heavy atom. The molecule has 0 N–H and O–H groups in total. The minimum absolute atomic E-state index is 0.00402. The van der Waals surface area contributed by atoms with Gasteiger partial charge in [0.2, 0.25) is 0 Å². The maximum absolute atomic E-state index is 6.05. The Morgan fingerprint density at radius 1 is 1.35 bits per heavy atom. The van der Waals surface area contributed by atoms with E-state index >= 15 is 0 Å². The lowest BCUT2D eigenvalue weighted by Gasteiger charge is -2.10. The van der Waals surface area contributed by atoms with Gasteiger partial charge in [0.15, 0.2) is 0 Å². The number of hydrogen-bond acceptors (Lipinski definition) is 2. The summed E-state index contributed by atoms with van der Waals surface area (Å²) in [5.41, 5.74) is 3.75. The van der Waals surface area contributed by atoms with Crippen molar-refractivity contribution in [2.75, 3.05) is 0 Å². The highest BCUT2D eigenvalue weighted by Crippen LogP contribution is 2.42. The van der Waals surface area contributed by atoms with Crippen LogP contribution in [0.4, 0.5) is 0 Å². The van der Waals surface area contributed by atoms with Crippen LogP contribution >= 0.6 is 11.6 Å². The standard InChI is InChI=1S/C14H16ClNO/c1-9(15)14-8-13(16-17-14)12-5-3-2-4-11(12)10-6-7-10/h2-5,9-10,14H,6-8H2,1H3. The zero-order valence-electron chi connectivity index (χ0n) is 9.90. The van der Waals surface area contributed by atoms with E-state index in [-0.39, 0.29) is 11.5 Å². The summed E-state index contributed by atoms with van der Waals surface area (Å²) in [7, 11) is 0. The van der Waals surface area contributed by atoms with Crippen LogP contribution in [0.15, 0.2) is 29.4 Å². The molecule has 1 fully saturated rings. The second-order valence-corrected chi connectivity index (χ2v) is 5.61. The second kappa shape index (κ2) is 4.34. The molecule has 17 heavy (non-hydrogen) atoms. The van der Waals surface area contributed by atoms with Crippen molar-refractivity contribution in [2.24, 2.45) is 5.16 Å². The van der Waals surface area contributed by atoms with Gasteiger partial charge in [-0.1, -0.05) is 29.4 Å². The van der Waals surface area contributed by atoms with Crippen LogP contribution in [0.2, 0.25) is 0 Å². The van der Waals surface area contributed by atoms with Crippen molar-refractivity contribution < 1.29 is 4.84 Å². The van der Waals surface area contributed by atoms with Crippen molar-refractivity contribution in [1.29, 1.82) is 0 Å². The molecule has 1 aliphatic carbocycles. The molecule has 1 aromatic rings. The third-order valence-electron chi connectivity index (χ3n) is 3.49. The van der Waals surface area contributed by atoms with Gasteiger partial charge in [-0.05, 0) is 31.2 Å². The first-order chi connectivity index (χ1) is 8.25. The molecular formula is C14H16ClNO. The van der Waals surface area contributed by atoms with Crippen LogP contribution in [-0.2, 0) is 4.84 Å². The van der Waals surface area contributed by atoms with E-state index < -0.39 is 0 Å². The maximum Gasteiger partial charge on any atom is 0.149 e. The van der Waals surface area contributed by atoms with E-state index in [1.807, 2.05) is 6.92 Å². The molecule has 0 spiro atoms. The normalized spacial score (nSPS) is 25.3. The maximum atomic E-state index is 6.05. The van der Waals surface area contributed by atoms with Crippen LogP contribution in [0, 0.1) is 0 Å². The van der Waals surface area contributed by atoms with E-state index in [4.69, 9.17) is 16.4 Å². The molecule has 0 bridgehead atoms. The van der Waals surface area contributed by atoms with Crippen molar-refractivity contribution in [1.82, 2.24) is 0 Å². The molecule has 1 heterocycles. The monoisotopic (exact) mass is 249 g/mol. The van der Waals surface area contributed by atoms with E-state index in [2.05, 4.69) is 29.4 Å². The third-order valence-corrected chi connectivity index (χ3v) is 3.78. The van der Waals surface area contributed by atoms with Gasteiger partial charge in [0.25, 0.3) is 0 Å². The number of alkyl halides is 1. The number of oxime groups is 1. The van der Waals surface area contributed by atoms with Crippen LogP contribution in [0.25, 0.3) is 0 Å². The highest BCUT2D eigenvalue weighted by atomic mass is 35.5. The van der Waals surface area contributed by atoms with Crippen molar-refractivity contribution in [3.63, 3.8) is 0 Å². The molecule has 2 atom stereocenters. The Bertz CT molecular complexity index is 451. The number of nitrogens with zero attached hydrogens (tertiary/aromatic N) is 1. The van der Waals surface area contributed by atoms with E-state index in [0.29, 0.717) is 0 Å². The molecule has 90 valence electrons. The van der Waals surface area contributed by atoms with Crippen molar-refractivity contribution >= 4 is 17.3 Å². The van der Waals surface area contributed by atoms with Gasteiger partial charge in [0, 0.05) is 12.0 Å². The first-order valence-corrected chi connectivity index (χ1v) is 6.65. The molecule has 2 unspecified atom stereocenters. The average Bonchev–Trinajstić information content (AvgIpc) is 3.06. The van der Waals surface area contributed by atoms with Crippen molar-refractivity contribution in [3.05, 3.63) is 35.4 Å². The van der Waals surface area contributed by atoms with Gasteiger partial charge in [-0.15, -0.1) is 11.6 Å². The van der Waals surface area contributed by atoms with Crippen molar-refractivity contribution in [3.8, 4) is 0 Å². The number of halogens is 1. The summed E-state index contributed by atoms with van der Waals surface area (Å²) in [6, 6.07) is 8.54. The quantitative estimate of drug-likeness (QED) is 0.749. The fraction of sp³-hybridized carbons (Fsp3) is 0.500. The third kappa shape index (κ3) is 2.19. The number of rotatable bonds is 3. The lowest BCUT2D eigenvalue weighted by molar-refractivity contribution is 0.0855. The van der Waals surface area contributed by atoms with E-state index in [0.717, 1.165) is 18.1 Å². The Labute approximate surface area is 107 Å². The van der Waals surface area contributed by atoms with Gasteiger partial charge in [0.05, 0.1) is 11.1 Å². The molecule has 3 rings (SSSR count). The van der Waals surface area contributed by atoms with Gasteiger partial charge in [-0.3, -0.25) is 0 Å². The predicted molar refractivity (Wildman–Crippen MR) is 69.8 cm³/mol. The van der Waals surface area contributed by atoms with E-state index in [1.165, 1.54) is 24.0 Å².